The molecule has 5 nitrogen and oxygen atoms in total. The van der Waals surface area contributed by atoms with Crippen LogP contribution in [0.5, 0.6) is 0 Å². The van der Waals surface area contributed by atoms with Gasteiger partial charge < -0.3 is 4.90 Å². The molecule has 22 heavy (non-hydrogen) atoms. The van der Waals surface area contributed by atoms with Crippen LogP contribution < -0.4 is 4.72 Å². The van der Waals surface area contributed by atoms with Crippen LogP contribution in [0, 0.1) is 5.92 Å². The molecule has 1 aliphatic rings. The van der Waals surface area contributed by atoms with E-state index in [4.69, 9.17) is 0 Å². The van der Waals surface area contributed by atoms with Gasteiger partial charge >= 0.3 is 0 Å². The fraction of sp³-hybridized carbons (Fsp3) is 0.562. The summed E-state index contributed by atoms with van der Waals surface area (Å²) in [6.07, 6.45) is 2.35. The lowest BCUT2D eigenvalue weighted by Gasteiger charge is -2.25. The van der Waals surface area contributed by atoms with Crippen molar-refractivity contribution >= 4 is 15.9 Å². The highest BCUT2D eigenvalue weighted by molar-refractivity contribution is 7.89. The van der Waals surface area contributed by atoms with Crippen LogP contribution in [0.1, 0.15) is 44.0 Å². The molecule has 0 radical (unpaired) electrons. The Hall–Kier alpha value is -1.40. The van der Waals surface area contributed by atoms with Crippen LogP contribution in [0.3, 0.4) is 0 Å². The number of hydrogen-bond acceptors (Lipinski definition) is 3. The molecule has 0 unspecified atom stereocenters. The maximum atomic E-state index is 12.4. The fourth-order valence-electron chi connectivity index (χ4n) is 2.44. The van der Waals surface area contributed by atoms with Gasteiger partial charge in [0.15, 0.2) is 0 Å². The summed E-state index contributed by atoms with van der Waals surface area (Å²) in [6, 6.07) is 6.16. The second kappa shape index (κ2) is 6.38. The molecule has 1 aliphatic carbocycles. The highest BCUT2D eigenvalue weighted by atomic mass is 32.2. The summed E-state index contributed by atoms with van der Waals surface area (Å²) in [5.41, 5.74) is 0.512. The number of carbonyl (C=O) groups excluding carboxylic acids is 1. The molecule has 2 rings (SSSR count). The van der Waals surface area contributed by atoms with Crippen molar-refractivity contribution in [1.29, 1.82) is 0 Å². The minimum absolute atomic E-state index is 0.0693. The van der Waals surface area contributed by atoms with Crippen molar-refractivity contribution in [1.82, 2.24) is 9.62 Å². The molecule has 0 bridgehead atoms. The van der Waals surface area contributed by atoms with Gasteiger partial charge in [-0.05, 0) is 63.8 Å². The topological polar surface area (TPSA) is 66.5 Å². The van der Waals surface area contributed by atoms with E-state index in [2.05, 4.69) is 11.6 Å². The van der Waals surface area contributed by atoms with Gasteiger partial charge in [-0.15, -0.1) is 0 Å². The van der Waals surface area contributed by atoms with Crippen LogP contribution in [0.4, 0.5) is 0 Å². The van der Waals surface area contributed by atoms with Crippen molar-refractivity contribution in [3.05, 3.63) is 29.8 Å². The van der Waals surface area contributed by atoms with Crippen molar-refractivity contribution in [2.24, 2.45) is 5.92 Å². The van der Waals surface area contributed by atoms with Gasteiger partial charge in [-0.2, -0.15) is 0 Å². The Morgan fingerprint density at radius 1 is 1.18 bits per heavy atom. The summed E-state index contributed by atoms with van der Waals surface area (Å²) >= 11 is 0. The zero-order chi connectivity index (χ0) is 16.5. The summed E-state index contributed by atoms with van der Waals surface area (Å²) in [4.78, 5) is 14.3. The Kier molecular flexibility index (Phi) is 4.92. The summed E-state index contributed by atoms with van der Waals surface area (Å²) in [7, 11) is -1.72. The Labute approximate surface area is 132 Å². The smallest absolute Gasteiger partial charge is 0.253 e. The number of carbonyl (C=O) groups is 1. The minimum atomic E-state index is -3.52. The Balaban J connectivity index is 2.12. The van der Waals surface area contributed by atoms with Crippen molar-refractivity contribution in [3.63, 3.8) is 0 Å². The molecular formula is C16H24N2O3S. The molecule has 1 atom stereocenters. The monoisotopic (exact) mass is 324 g/mol. The van der Waals surface area contributed by atoms with E-state index in [0.29, 0.717) is 11.5 Å². The lowest BCUT2D eigenvalue weighted by Crippen LogP contribution is -2.36. The molecule has 0 saturated heterocycles. The van der Waals surface area contributed by atoms with Gasteiger partial charge in [0.2, 0.25) is 10.0 Å². The number of nitrogens with zero attached hydrogens (tertiary/aromatic N) is 1. The van der Waals surface area contributed by atoms with Gasteiger partial charge in [0, 0.05) is 24.7 Å². The zero-order valence-corrected chi connectivity index (χ0v) is 14.4. The number of benzene rings is 1. The van der Waals surface area contributed by atoms with Gasteiger partial charge in [-0.3, -0.25) is 4.79 Å². The van der Waals surface area contributed by atoms with Crippen molar-refractivity contribution in [2.45, 2.75) is 50.6 Å². The molecule has 6 heteroatoms. The third-order valence-electron chi connectivity index (χ3n) is 4.04. The van der Waals surface area contributed by atoms with Crippen LogP contribution in [0.15, 0.2) is 29.2 Å². The van der Waals surface area contributed by atoms with E-state index in [0.717, 1.165) is 0 Å². The first kappa shape index (κ1) is 17.0. The molecule has 1 amide bonds. The summed E-state index contributed by atoms with van der Waals surface area (Å²) in [5, 5.41) is 0. The van der Waals surface area contributed by atoms with Gasteiger partial charge in [0.05, 0.1) is 4.90 Å². The van der Waals surface area contributed by atoms with Crippen LogP contribution in [-0.2, 0) is 10.0 Å². The molecule has 1 fully saturated rings. The van der Waals surface area contributed by atoms with Crippen molar-refractivity contribution < 1.29 is 13.2 Å². The molecule has 1 aromatic rings. The predicted molar refractivity (Wildman–Crippen MR) is 86.2 cm³/mol. The maximum Gasteiger partial charge on any atom is 0.253 e. The predicted octanol–water partition coefficient (Wildman–Crippen LogP) is 2.24. The lowest BCUT2D eigenvalue weighted by atomic mass is 10.1. The molecule has 122 valence electrons. The van der Waals surface area contributed by atoms with Crippen molar-refractivity contribution in [2.75, 3.05) is 7.05 Å². The molecule has 1 saturated carbocycles. The van der Waals surface area contributed by atoms with E-state index >= 15 is 0 Å². The van der Waals surface area contributed by atoms with Gasteiger partial charge in [0.25, 0.3) is 5.91 Å². The minimum Gasteiger partial charge on any atom is -0.339 e. The Morgan fingerprint density at radius 3 is 2.18 bits per heavy atom. The normalized spacial score (nSPS) is 16.6. The molecular weight excluding hydrogens is 300 g/mol. The van der Waals surface area contributed by atoms with Crippen LogP contribution >= 0.6 is 0 Å². The number of hydrogen-bond donors (Lipinski definition) is 1. The summed E-state index contributed by atoms with van der Waals surface area (Å²) in [6.45, 7) is 5.59. The lowest BCUT2D eigenvalue weighted by molar-refractivity contribution is 0.0727. The van der Waals surface area contributed by atoms with E-state index in [1.165, 1.54) is 25.0 Å². The quantitative estimate of drug-likeness (QED) is 0.873. The van der Waals surface area contributed by atoms with Crippen LogP contribution in [0.25, 0.3) is 0 Å². The number of amides is 1. The molecule has 0 spiro atoms. The largest absolute Gasteiger partial charge is 0.339 e. The zero-order valence-electron chi connectivity index (χ0n) is 13.5. The van der Waals surface area contributed by atoms with E-state index in [1.807, 2.05) is 0 Å². The van der Waals surface area contributed by atoms with Gasteiger partial charge in [-0.1, -0.05) is 0 Å². The second-order valence-electron chi connectivity index (χ2n) is 6.29. The average molecular weight is 324 g/mol. The van der Waals surface area contributed by atoms with Crippen LogP contribution in [0.2, 0.25) is 0 Å². The second-order valence-corrected chi connectivity index (χ2v) is 8.01. The first-order valence-corrected chi connectivity index (χ1v) is 9.10. The highest BCUT2D eigenvalue weighted by Crippen LogP contribution is 2.35. The number of nitrogens with one attached hydrogen (secondary N) is 1. The fourth-order valence-corrected chi connectivity index (χ4v) is 3.69. The molecule has 1 aromatic carbocycles. The van der Waals surface area contributed by atoms with E-state index < -0.39 is 10.0 Å². The third-order valence-corrected chi connectivity index (χ3v) is 5.71. The Morgan fingerprint density at radius 2 is 1.73 bits per heavy atom. The molecule has 0 heterocycles. The summed E-state index contributed by atoms with van der Waals surface area (Å²) < 4.78 is 26.6. The van der Waals surface area contributed by atoms with E-state index in [1.54, 1.807) is 37.9 Å². The third kappa shape index (κ3) is 3.87. The number of sulfonamides is 1. The van der Waals surface area contributed by atoms with Gasteiger partial charge in [-0.25, -0.2) is 13.1 Å². The molecule has 1 N–H and O–H groups in total. The van der Waals surface area contributed by atoms with E-state index in [-0.39, 0.29) is 22.9 Å². The first-order chi connectivity index (χ1) is 10.2. The Bertz CT molecular complexity index is 634. The SMILES string of the molecule is CC(C)NS(=O)(=O)c1ccc(C(=O)N(C)[C@@H](C)C2CC2)cc1. The van der Waals surface area contributed by atoms with Crippen molar-refractivity contribution in [3.8, 4) is 0 Å². The standard InChI is InChI=1S/C16H24N2O3S/c1-11(2)17-22(20,21)15-9-7-14(8-10-15)16(19)18(4)12(3)13-5-6-13/h7-13,17H,5-6H2,1-4H3/t12-/m0/s1. The summed E-state index contributed by atoms with van der Waals surface area (Å²) in [5.74, 6) is 0.531. The first-order valence-electron chi connectivity index (χ1n) is 7.62. The molecule has 0 aromatic heterocycles. The van der Waals surface area contributed by atoms with E-state index in [9.17, 15) is 13.2 Å². The average Bonchev–Trinajstić information content (AvgIpc) is 3.28. The highest BCUT2D eigenvalue weighted by Gasteiger charge is 2.32. The molecule has 0 aliphatic heterocycles. The van der Waals surface area contributed by atoms with Crippen LogP contribution in [-0.4, -0.2) is 38.4 Å². The van der Waals surface area contributed by atoms with Gasteiger partial charge in [0.1, 0.15) is 0 Å². The maximum absolute atomic E-state index is 12.4. The number of rotatable bonds is 6.